The van der Waals surface area contributed by atoms with Crippen LogP contribution in [0, 0.1) is 0 Å². The Morgan fingerprint density at radius 2 is 1.67 bits per heavy atom. The molecule has 2 amide bonds. The summed E-state index contributed by atoms with van der Waals surface area (Å²) in [7, 11) is 0. The largest absolute Gasteiger partial charge is 0.480 e. The Labute approximate surface area is 150 Å². The zero-order chi connectivity index (χ0) is 19.1. The summed E-state index contributed by atoms with van der Waals surface area (Å²) in [6.07, 6.45) is -0.235. The van der Waals surface area contributed by atoms with Crippen molar-refractivity contribution in [3.63, 3.8) is 0 Å². The van der Waals surface area contributed by atoms with Crippen LogP contribution in [0.4, 0.5) is 0 Å². The van der Waals surface area contributed by atoms with E-state index < -0.39 is 42.4 Å². The van der Waals surface area contributed by atoms with Gasteiger partial charge in [0.2, 0.25) is 11.8 Å². The van der Waals surface area contributed by atoms with Gasteiger partial charge < -0.3 is 31.7 Å². The molecule has 0 rings (SSSR count). The van der Waals surface area contributed by atoms with E-state index in [4.69, 9.17) is 21.1 Å². The first-order chi connectivity index (χ1) is 11.2. The molecule has 24 heavy (non-hydrogen) atoms. The Morgan fingerprint density at radius 3 is 2.04 bits per heavy atom. The van der Waals surface area contributed by atoms with Crippen LogP contribution in [0.25, 0.3) is 0 Å². The predicted octanol–water partition coefficient (Wildman–Crippen LogP) is -2.30. The molecule has 0 aliphatic carbocycles. The highest BCUT2D eigenvalue weighted by Crippen LogP contribution is 1.97. The van der Waals surface area contributed by atoms with Crippen molar-refractivity contribution in [2.75, 3.05) is 24.7 Å². The fourth-order valence-corrected chi connectivity index (χ4v) is 1.41. The van der Waals surface area contributed by atoms with Crippen LogP contribution < -0.4 is 16.4 Å². The number of aliphatic carboxylic acids is 2. The number of hydrogen-bond donors (Lipinski definition) is 8. The number of carboxylic acids is 2. The minimum atomic E-state index is -1.22. The van der Waals surface area contributed by atoms with Crippen LogP contribution in [0.3, 0.4) is 0 Å². The molecule has 0 radical (unpaired) electrons. The third kappa shape index (κ3) is 14.1. The second-order valence-electron chi connectivity index (χ2n) is 4.34. The molecule has 7 N–H and O–H groups in total. The first-order valence-electron chi connectivity index (χ1n) is 6.79. The van der Waals surface area contributed by atoms with Gasteiger partial charge in [-0.05, 0) is 6.42 Å². The van der Waals surface area contributed by atoms with Crippen molar-refractivity contribution in [3.05, 3.63) is 0 Å². The lowest BCUT2D eigenvalue weighted by Gasteiger charge is -2.16. The SMILES string of the molecule is NC(CCC(=O)NC(CS)C(=O)NCC(=O)O)C(=O)O.OCCS. The van der Waals surface area contributed by atoms with Gasteiger partial charge in [0.15, 0.2) is 0 Å². The van der Waals surface area contributed by atoms with Crippen LogP contribution in [-0.4, -0.2) is 75.8 Å². The van der Waals surface area contributed by atoms with E-state index in [0.29, 0.717) is 5.75 Å². The summed E-state index contributed by atoms with van der Waals surface area (Å²) >= 11 is 7.54. The second kappa shape index (κ2) is 15.1. The molecule has 10 nitrogen and oxygen atoms in total. The number of nitrogens with two attached hydrogens (primary N) is 1. The smallest absolute Gasteiger partial charge is 0.322 e. The summed E-state index contributed by atoms with van der Waals surface area (Å²) in [5.41, 5.74) is 5.23. The Kier molecular flexibility index (Phi) is 15.5. The Balaban J connectivity index is 0. The first-order valence-corrected chi connectivity index (χ1v) is 8.05. The summed E-state index contributed by atoms with van der Waals surface area (Å²) in [5, 5.41) is 29.2. The molecule has 0 bridgehead atoms. The van der Waals surface area contributed by atoms with Gasteiger partial charge in [0, 0.05) is 17.9 Å². The summed E-state index contributed by atoms with van der Waals surface area (Å²) in [5.74, 6) is -3.13. The lowest BCUT2D eigenvalue weighted by atomic mass is 10.1. The number of hydrogen-bond acceptors (Lipinski definition) is 8. The van der Waals surface area contributed by atoms with Gasteiger partial charge in [0.05, 0.1) is 6.61 Å². The number of nitrogens with one attached hydrogen (secondary N) is 2. The standard InChI is InChI=1S/C10H17N3O6S.C2H6OS/c11-5(10(18)19)1-2-7(14)13-6(4-20)9(17)12-3-8(15)16;3-1-2-4/h5-6,20H,1-4,11H2,(H,12,17)(H,13,14)(H,15,16)(H,18,19);3-4H,1-2H2. The average Bonchev–Trinajstić information content (AvgIpc) is 2.55. The van der Waals surface area contributed by atoms with E-state index in [0.717, 1.165) is 0 Å². The van der Waals surface area contributed by atoms with Gasteiger partial charge in [0.25, 0.3) is 0 Å². The quantitative estimate of drug-likeness (QED) is 0.193. The number of carbonyl (C=O) groups is 4. The van der Waals surface area contributed by atoms with Crippen molar-refractivity contribution < 1.29 is 34.5 Å². The Morgan fingerprint density at radius 1 is 1.12 bits per heavy atom. The number of aliphatic hydroxyl groups is 1. The summed E-state index contributed by atoms with van der Waals surface area (Å²) < 4.78 is 0. The Hall–Kier alpha value is -1.50. The van der Waals surface area contributed by atoms with Gasteiger partial charge in [-0.1, -0.05) is 0 Å². The van der Waals surface area contributed by atoms with E-state index in [1.54, 1.807) is 0 Å². The predicted molar refractivity (Wildman–Crippen MR) is 92.2 cm³/mol. The molecule has 0 spiro atoms. The number of carbonyl (C=O) groups excluding carboxylic acids is 2. The summed E-state index contributed by atoms with van der Waals surface area (Å²) in [4.78, 5) is 43.7. The fourth-order valence-electron chi connectivity index (χ4n) is 1.16. The molecule has 12 heteroatoms. The van der Waals surface area contributed by atoms with Crippen molar-refractivity contribution in [1.29, 1.82) is 0 Å². The molecule has 0 aromatic carbocycles. The Bertz CT molecular complexity index is 421. The van der Waals surface area contributed by atoms with Gasteiger partial charge >= 0.3 is 11.9 Å². The van der Waals surface area contributed by atoms with Crippen molar-refractivity contribution in [3.8, 4) is 0 Å². The number of carboxylic acid groups (broad SMARTS) is 2. The second-order valence-corrected chi connectivity index (χ2v) is 5.16. The maximum atomic E-state index is 11.5. The van der Waals surface area contributed by atoms with Gasteiger partial charge in [-0.25, -0.2) is 0 Å². The third-order valence-corrected chi connectivity index (χ3v) is 2.91. The molecule has 140 valence electrons. The molecule has 0 saturated heterocycles. The van der Waals surface area contributed by atoms with Crippen molar-refractivity contribution in [2.45, 2.75) is 24.9 Å². The molecule has 0 aromatic heterocycles. The average molecular weight is 385 g/mol. The molecule has 2 unspecified atom stereocenters. The minimum absolute atomic E-state index is 0.0256. The maximum Gasteiger partial charge on any atom is 0.322 e. The number of thiol groups is 2. The molecule has 0 aliphatic rings. The molecular formula is C12H23N3O7S2. The minimum Gasteiger partial charge on any atom is -0.480 e. The van der Waals surface area contributed by atoms with Crippen molar-refractivity contribution in [1.82, 2.24) is 10.6 Å². The normalized spacial score (nSPS) is 12.2. The summed E-state index contributed by atoms with van der Waals surface area (Å²) in [6.45, 7) is -0.383. The highest BCUT2D eigenvalue weighted by molar-refractivity contribution is 7.80. The van der Waals surface area contributed by atoms with Crippen LogP contribution in [-0.2, 0) is 19.2 Å². The monoisotopic (exact) mass is 385 g/mol. The molecule has 0 saturated carbocycles. The number of amides is 2. The number of rotatable bonds is 10. The van der Waals surface area contributed by atoms with Gasteiger partial charge in [-0.3, -0.25) is 19.2 Å². The molecule has 0 fully saturated rings. The van der Waals surface area contributed by atoms with E-state index >= 15 is 0 Å². The van der Waals surface area contributed by atoms with Crippen LogP contribution >= 0.6 is 25.3 Å². The summed E-state index contributed by atoms with van der Waals surface area (Å²) in [6, 6.07) is -2.15. The number of aliphatic hydroxyl groups excluding tert-OH is 1. The van der Waals surface area contributed by atoms with E-state index in [1.165, 1.54) is 0 Å². The van der Waals surface area contributed by atoms with E-state index in [2.05, 4.69) is 35.9 Å². The van der Waals surface area contributed by atoms with E-state index in [-0.39, 0.29) is 25.2 Å². The molecule has 0 aliphatic heterocycles. The zero-order valence-electron chi connectivity index (χ0n) is 12.8. The molecular weight excluding hydrogens is 362 g/mol. The van der Waals surface area contributed by atoms with Crippen LogP contribution in [0.5, 0.6) is 0 Å². The highest BCUT2D eigenvalue weighted by Gasteiger charge is 2.20. The van der Waals surface area contributed by atoms with Gasteiger partial charge in [-0.15, -0.1) is 0 Å². The van der Waals surface area contributed by atoms with E-state index in [9.17, 15) is 19.2 Å². The fraction of sp³-hybridized carbons (Fsp3) is 0.667. The maximum absolute atomic E-state index is 11.5. The van der Waals surface area contributed by atoms with Crippen molar-refractivity contribution >= 4 is 49.0 Å². The first kappa shape index (κ1) is 24.7. The lowest BCUT2D eigenvalue weighted by molar-refractivity contribution is -0.139. The van der Waals surface area contributed by atoms with Gasteiger partial charge in [0.1, 0.15) is 18.6 Å². The third-order valence-electron chi connectivity index (χ3n) is 2.35. The molecule has 2 atom stereocenters. The van der Waals surface area contributed by atoms with Crippen LogP contribution in [0.15, 0.2) is 0 Å². The zero-order valence-corrected chi connectivity index (χ0v) is 14.6. The van der Waals surface area contributed by atoms with Gasteiger partial charge in [-0.2, -0.15) is 25.3 Å². The van der Waals surface area contributed by atoms with E-state index in [1.807, 2.05) is 0 Å². The lowest BCUT2D eigenvalue weighted by Crippen LogP contribution is -2.49. The van der Waals surface area contributed by atoms with Crippen LogP contribution in [0.2, 0.25) is 0 Å². The highest BCUT2D eigenvalue weighted by atomic mass is 32.1. The topological polar surface area (TPSA) is 179 Å². The van der Waals surface area contributed by atoms with Crippen LogP contribution in [0.1, 0.15) is 12.8 Å². The molecule has 0 heterocycles. The molecule has 0 aromatic rings. The van der Waals surface area contributed by atoms with Crippen molar-refractivity contribution in [2.24, 2.45) is 5.73 Å².